The van der Waals surface area contributed by atoms with Gasteiger partial charge in [-0.3, -0.25) is 0 Å². The zero-order chi connectivity index (χ0) is 18.7. The number of H-pyrrole nitrogens is 1. The van der Waals surface area contributed by atoms with E-state index in [0.29, 0.717) is 35.2 Å². The van der Waals surface area contributed by atoms with E-state index < -0.39 is 11.7 Å². The highest BCUT2D eigenvalue weighted by Gasteiger charge is 2.31. The molecule has 0 unspecified atom stereocenters. The largest absolute Gasteiger partial charge is 0.416 e. The topological polar surface area (TPSA) is 37.0 Å². The summed E-state index contributed by atoms with van der Waals surface area (Å²) in [4.78, 5) is 3.10. The summed E-state index contributed by atoms with van der Waals surface area (Å²) in [5, 5.41) is 3.68. The number of nitrogens with one attached hydrogen (secondary N) is 2. The molecule has 0 atom stereocenters. The Morgan fingerprint density at radius 2 is 1.81 bits per heavy atom. The summed E-state index contributed by atoms with van der Waals surface area (Å²) in [7, 11) is 1.49. The van der Waals surface area contributed by atoms with Gasteiger partial charge in [-0.2, -0.15) is 13.2 Å². The van der Waals surface area contributed by atoms with Crippen LogP contribution in [0.15, 0.2) is 42.5 Å². The van der Waals surface area contributed by atoms with Crippen molar-refractivity contribution in [1.82, 2.24) is 4.98 Å². The lowest BCUT2D eigenvalue weighted by Crippen LogP contribution is -2.07. The molecular formula is C19H18F4N2O. The number of fused-ring (bicyclic) bond motifs is 1. The summed E-state index contributed by atoms with van der Waals surface area (Å²) < 4.78 is 57.0. The van der Waals surface area contributed by atoms with Gasteiger partial charge in [-0.25, -0.2) is 4.39 Å². The van der Waals surface area contributed by atoms with Gasteiger partial charge in [0.2, 0.25) is 0 Å². The lowest BCUT2D eigenvalue weighted by Gasteiger charge is -2.09. The summed E-state index contributed by atoms with van der Waals surface area (Å²) in [6, 6.07) is 9.80. The van der Waals surface area contributed by atoms with Gasteiger partial charge in [0.05, 0.1) is 12.2 Å². The lowest BCUT2D eigenvalue weighted by molar-refractivity contribution is -0.137. The molecular weight excluding hydrogens is 348 g/mol. The fraction of sp³-hybridized carbons (Fsp3) is 0.263. The summed E-state index contributed by atoms with van der Waals surface area (Å²) >= 11 is 0. The van der Waals surface area contributed by atoms with E-state index in [1.807, 2.05) is 0 Å². The Bertz CT molecular complexity index is 885. The second-order valence-electron chi connectivity index (χ2n) is 5.97. The van der Waals surface area contributed by atoms with E-state index in [1.165, 1.54) is 25.3 Å². The minimum absolute atomic E-state index is 0.181. The van der Waals surface area contributed by atoms with E-state index in [0.717, 1.165) is 17.7 Å². The molecule has 3 aromatic rings. The Morgan fingerprint density at radius 1 is 1.08 bits per heavy atom. The quantitative estimate of drug-likeness (QED) is 0.594. The molecule has 1 heterocycles. The molecule has 0 aliphatic carbocycles. The van der Waals surface area contributed by atoms with Crippen LogP contribution in [0.5, 0.6) is 0 Å². The second-order valence-corrected chi connectivity index (χ2v) is 5.97. The first-order chi connectivity index (χ1) is 12.4. The van der Waals surface area contributed by atoms with Crippen LogP contribution in [0.2, 0.25) is 0 Å². The Balaban J connectivity index is 1.82. The molecule has 3 rings (SSSR count). The van der Waals surface area contributed by atoms with E-state index >= 15 is 0 Å². The van der Waals surface area contributed by atoms with Crippen molar-refractivity contribution in [2.45, 2.75) is 19.2 Å². The molecule has 0 bridgehead atoms. The lowest BCUT2D eigenvalue weighted by atomic mass is 10.1. The highest BCUT2D eigenvalue weighted by Crippen LogP contribution is 2.34. The van der Waals surface area contributed by atoms with Crippen LogP contribution in [-0.4, -0.2) is 18.6 Å². The van der Waals surface area contributed by atoms with Crippen LogP contribution < -0.4 is 5.32 Å². The van der Waals surface area contributed by atoms with Gasteiger partial charge in [0.1, 0.15) is 11.6 Å². The Kier molecular flexibility index (Phi) is 5.18. The third-order valence-electron chi connectivity index (χ3n) is 4.15. The zero-order valence-corrected chi connectivity index (χ0v) is 14.1. The number of hydrogen-bond acceptors (Lipinski definition) is 2. The number of rotatable bonds is 6. The number of benzene rings is 2. The van der Waals surface area contributed by atoms with Crippen LogP contribution in [-0.2, 0) is 23.9 Å². The molecule has 138 valence electrons. The Morgan fingerprint density at radius 3 is 2.46 bits per heavy atom. The molecule has 0 aliphatic heterocycles. The van der Waals surface area contributed by atoms with Crippen molar-refractivity contribution >= 4 is 16.7 Å². The van der Waals surface area contributed by atoms with Crippen LogP contribution in [0, 0.1) is 5.82 Å². The summed E-state index contributed by atoms with van der Waals surface area (Å²) in [5.41, 5.74) is 1.52. The highest BCUT2D eigenvalue weighted by molar-refractivity contribution is 5.89. The van der Waals surface area contributed by atoms with Crippen molar-refractivity contribution < 1.29 is 22.3 Å². The standard InChI is InChI=1S/C19H18F4N2O/c1-26-11-16-15-10-13(19(21,22)23)4-7-17(15)25-18(16)24-9-8-12-2-5-14(20)6-3-12/h2-7,10,24-25H,8-9,11H2,1H3. The number of ether oxygens (including phenoxy) is 1. The summed E-state index contributed by atoms with van der Waals surface area (Å²) in [6.45, 7) is 0.724. The third kappa shape index (κ3) is 3.99. The maximum absolute atomic E-state index is 13.0. The zero-order valence-electron chi connectivity index (χ0n) is 14.1. The molecule has 0 saturated heterocycles. The number of aromatic nitrogens is 1. The Hall–Kier alpha value is -2.54. The van der Waals surface area contributed by atoms with E-state index in [-0.39, 0.29) is 12.4 Å². The molecule has 7 heteroatoms. The van der Waals surface area contributed by atoms with Crippen LogP contribution >= 0.6 is 0 Å². The minimum Gasteiger partial charge on any atom is -0.380 e. The Labute approximate surface area is 148 Å². The third-order valence-corrected chi connectivity index (χ3v) is 4.15. The SMILES string of the molecule is COCc1c(NCCc2ccc(F)cc2)[nH]c2ccc(C(F)(F)F)cc12. The first-order valence-corrected chi connectivity index (χ1v) is 8.07. The van der Waals surface area contributed by atoms with Crippen LogP contribution in [0.3, 0.4) is 0 Å². The monoisotopic (exact) mass is 366 g/mol. The number of aromatic amines is 1. The van der Waals surface area contributed by atoms with Crippen molar-refractivity contribution in [3.05, 3.63) is 65.0 Å². The van der Waals surface area contributed by atoms with Gasteiger partial charge in [0, 0.05) is 30.1 Å². The summed E-state index contributed by atoms with van der Waals surface area (Å²) in [6.07, 6.45) is -3.75. The molecule has 1 aromatic heterocycles. The normalized spacial score (nSPS) is 11.9. The van der Waals surface area contributed by atoms with Gasteiger partial charge < -0.3 is 15.0 Å². The molecule has 2 N–H and O–H groups in total. The first-order valence-electron chi connectivity index (χ1n) is 8.07. The maximum Gasteiger partial charge on any atom is 0.416 e. The average molecular weight is 366 g/mol. The predicted molar refractivity (Wildman–Crippen MR) is 92.6 cm³/mol. The fourth-order valence-electron chi connectivity index (χ4n) is 2.85. The van der Waals surface area contributed by atoms with Crippen molar-refractivity contribution in [1.29, 1.82) is 0 Å². The van der Waals surface area contributed by atoms with Gasteiger partial charge >= 0.3 is 6.18 Å². The molecule has 0 amide bonds. The second kappa shape index (κ2) is 7.37. The fourth-order valence-corrected chi connectivity index (χ4v) is 2.85. The molecule has 0 radical (unpaired) electrons. The van der Waals surface area contributed by atoms with Gasteiger partial charge in [-0.05, 0) is 42.3 Å². The van der Waals surface area contributed by atoms with Crippen molar-refractivity contribution in [3.8, 4) is 0 Å². The maximum atomic E-state index is 13.0. The van der Waals surface area contributed by atoms with Gasteiger partial charge in [0.15, 0.2) is 0 Å². The average Bonchev–Trinajstić information content (AvgIpc) is 2.93. The molecule has 0 aliphatic rings. The molecule has 26 heavy (non-hydrogen) atoms. The highest BCUT2D eigenvalue weighted by atomic mass is 19.4. The number of halogens is 4. The first kappa shape index (κ1) is 18.3. The van der Waals surface area contributed by atoms with Crippen molar-refractivity contribution in [2.24, 2.45) is 0 Å². The number of methoxy groups -OCH3 is 1. The van der Waals surface area contributed by atoms with E-state index in [1.54, 1.807) is 12.1 Å². The number of anilines is 1. The number of hydrogen-bond donors (Lipinski definition) is 2. The van der Waals surface area contributed by atoms with E-state index in [2.05, 4.69) is 10.3 Å². The molecule has 2 aromatic carbocycles. The summed E-state index contributed by atoms with van der Waals surface area (Å²) in [5.74, 6) is 0.337. The smallest absolute Gasteiger partial charge is 0.380 e. The van der Waals surface area contributed by atoms with Gasteiger partial charge in [-0.1, -0.05) is 12.1 Å². The van der Waals surface area contributed by atoms with E-state index in [4.69, 9.17) is 4.74 Å². The van der Waals surface area contributed by atoms with Crippen molar-refractivity contribution in [3.63, 3.8) is 0 Å². The molecule has 3 nitrogen and oxygen atoms in total. The van der Waals surface area contributed by atoms with Crippen molar-refractivity contribution in [2.75, 3.05) is 19.0 Å². The molecule has 0 fully saturated rings. The number of alkyl halides is 3. The predicted octanol–water partition coefficient (Wildman–Crippen LogP) is 5.13. The minimum atomic E-state index is -4.40. The van der Waals surface area contributed by atoms with Crippen LogP contribution in [0.25, 0.3) is 10.9 Å². The van der Waals surface area contributed by atoms with Crippen LogP contribution in [0.1, 0.15) is 16.7 Å². The van der Waals surface area contributed by atoms with E-state index in [9.17, 15) is 17.6 Å². The van der Waals surface area contributed by atoms with Gasteiger partial charge in [0.25, 0.3) is 0 Å². The van der Waals surface area contributed by atoms with Crippen LogP contribution in [0.4, 0.5) is 23.4 Å². The van der Waals surface area contributed by atoms with Gasteiger partial charge in [-0.15, -0.1) is 0 Å². The molecule has 0 saturated carbocycles. The molecule has 0 spiro atoms.